The van der Waals surface area contributed by atoms with Gasteiger partial charge in [-0.25, -0.2) is 14.7 Å². The lowest BCUT2D eigenvalue weighted by Crippen LogP contribution is -2.32. The van der Waals surface area contributed by atoms with Crippen LogP contribution in [0.15, 0.2) is 42.9 Å². The standard InChI is InChI=1S/C13H12N4O2/c18-12-11(6-9-7-14-8-15-9)16-13(19)17(12)10-4-2-1-3-5-10/h1-5,7-8,11H,6H2,(H,14,15)(H,16,19)/t11-/m1/s1. The molecule has 2 heterocycles. The number of hydrogen-bond donors (Lipinski definition) is 2. The van der Waals surface area contributed by atoms with E-state index in [4.69, 9.17) is 0 Å². The topological polar surface area (TPSA) is 78.1 Å². The van der Waals surface area contributed by atoms with E-state index in [-0.39, 0.29) is 11.9 Å². The number of carbonyl (C=O) groups excluding carboxylic acids is 2. The van der Waals surface area contributed by atoms with E-state index in [9.17, 15) is 9.59 Å². The van der Waals surface area contributed by atoms with Crippen molar-refractivity contribution < 1.29 is 9.59 Å². The van der Waals surface area contributed by atoms with Gasteiger partial charge in [0.15, 0.2) is 0 Å². The van der Waals surface area contributed by atoms with Crippen LogP contribution in [0.3, 0.4) is 0 Å². The quantitative estimate of drug-likeness (QED) is 0.806. The summed E-state index contributed by atoms with van der Waals surface area (Å²) in [6.45, 7) is 0. The van der Waals surface area contributed by atoms with E-state index in [2.05, 4.69) is 15.3 Å². The number of para-hydroxylation sites is 1. The zero-order valence-electron chi connectivity index (χ0n) is 10.0. The SMILES string of the molecule is O=C1N[C@H](Cc2cnc[nH]2)C(=O)N1c1ccccc1. The molecule has 0 radical (unpaired) electrons. The first-order valence-corrected chi connectivity index (χ1v) is 5.92. The molecule has 0 bridgehead atoms. The molecule has 0 spiro atoms. The van der Waals surface area contributed by atoms with E-state index in [0.29, 0.717) is 12.1 Å². The largest absolute Gasteiger partial charge is 0.348 e. The minimum atomic E-state index is -0.548. The number of carbonyl (C=O) groups is 2. The second-order valence-electron chi connectivity index (χ2n) is 4.29. The number of imidazole rings is 1. The van der Waals surface area contributed by atoms with Crippen molar-refractivity contribution in [3.63, 3.8) is 0 Å². The van der Waals surface area contributed by atoms with Crippen LogP contribution in [-0.4, -0.2) is 27.9 Å². The fourth-order valence-corrected chi connectivity index (χ4v) is 2.11. The molecule has 0 aliphatic carbocycles. The average molecular weight is 256 g/mol. The Balaban J connectivity index is 1.82. The second-order valence-corrected chi connectivity index (χ2v) is 4.29. The molecule has 3 rings (SSSR count). The van der Waals surface area contributed by atoms with Gasteiger partial charge in [-0.1, -0.05) is 18.2 Å². The summed E-state index contributed by atoms with van der Waals surface area (Å²) in [5.41, 5.74) is 1.39. The van der Waals surface area contributed by atoms with Gasteiger partial charge in [-0.3, -0.25) is 4.79 Å². The number of benzene rings is 1. The first kappa shape index (κ1) is 11.5. The molecule has 1 fully saturated rings. The van der Waals surface area contributed by atoms with Crippen LogP contribution in [0.4, 0.5) is 10.5 Å². The molecule has 0 saturated carbocycles. The molecule has 1 saturated heterocycles. The highest BCUT2D eigenvalue weighted by molar-refractivity contribution is 6.21. The van der Waals surface area contributed by atoms with E-state index >= 15 is 0 Å². The summed E-state index contributed by atoms with van der Waals surface area (Å²) in [5.74, 6) is -0.245. The van der Waals surface area contributed by atoms with Crippen molar-refractivity contribution >= 4 is 17.6 Å². The monoisotopic (exact) mass is 256 g/mol. The molecule has 19 heavy (non-hydrogen) atoms. The molecular weight excluding hydrogens is 244 g/mol. The van der Waals surface area contributed by atoms with Crippen molar-refractivity contribution in [3.8, 4) is 0 Å². The van der Waals surface area contributed by atoms with Crippen molar-refractivity contribution in [2.45, 2.75) is 12.5 Å². The molecule has 3 amide bonds. The van der Waals surface area contributed by atoms with Crippen LogP contribution in [-0.2, 0) is 11.2 Å². The molecule has 1 aromatic carbocycles. The zero-order chi connectivity index (χ0) is 13.2. The minimum absolute atomic E-state index is 0.245. The fourth-order valence-electron chi connectivity index (χ4n) is 2.11. The number of anilines is 1. The van der Waals surface area contributed by atoms with Crippen molar-refractivity contribution in [1.29, 1.82) is 0 Å². The first-order valence-electron chi connectivity index (χ1n) is 5.92. The zero-order valence-corrected chi connectivity index (χ0v) is 10.0. The summed E-state index contributed by atoms with van der Waals surface area (Å²) in [5, 5.41) is 2.68. The fraction of sp³-hybridized carbons (Fsp3) is 0.154. The smallest absolute Gasteiger partial charge is 0.329 e. The van der Waals surface area contributed by atoms with Gasteiger partial charge in [0, 0.05) is 18.3 Å². The van der Waals surface area contributed by atoms with E-state index in [0.717, 1.165) is 5.69 Å². The summed E-state index contributed by atoms with van der Waals surface area (Å²) in [6.07, 6.45) is 3.60. The number of aromatic amines is 1. The van der Waals surface area contributed by atoms with E-state index in [1.807, 2.05) is 6.07 Å². The normalized spacial score (nSPS) is 18.7. The van der Waals surface area contributed by atoms with E-state index in [1.54, 1.807) is 36.8 Å². The Morgan fingerprint density at radius 1 is 1.21 bits per heavy atom. The van der Waals surface area contributed by atoms with Gasteiger partial charge in [-0.2, -0.15) is 0 Å². The van der Waals surface area contributed by atoms with Gasteiger partial charge in [0.25, 0.3) is 5.91 Å². The Kier molecular flexibility index (Phi) is 2.75. The van der Waals surface area contributed by atoms with Gasteiger partial charge < -0.3 is 10.3 Å². The third-order valence-corrected chi connectivity index (χ3v) is 3.01. The molecule has 1 atom stereocenters. The number of nitrogens with zero attached hydrogens (tertiary/aromatic N) is 2. The van der Waals surface area contributed by atoms with Crippen molar-refractivity contribution in [3.05, 3.63) is 48.5 Å². The Hall–Kier alpha value is -2.63. The molecule has 6 heteroatoms. The molecule has 1 aliphatic rings. The number of hydrogen-bond acceptors (Lipinski definition) is 3. The minimum Gasteiger partial charge on any atom is -0.348 e. The first-order chi connectivity index (χ1) is 9.25. The average Bonchev–Trinajstić information content (AvgIpc) is 3.01. The van der Waals surface area contributed by atoms with Crippen molar-refractivity contribution in [1.82, 2.24) is 15.3 Å². The van der Waals surface area contributed by atoms with Gasteiger partial charge in [0.1, 0.15) is 6.04 Å². The number of nitrogens with one attached hydrogen (secondary N) is 2. The highest BCUT2D eigenvalue weighted by Gasteiger charge is 2.38. The van der Waals surface area contributed by atoms with Crippen LogP contribution in [0.1, 0.15) is 5.69 Å². The third kappa shape index (κ3) is 2.08. The summed E-state index contributed by atoms with van der Waals surface area (Å²) >= 11 is 0. The Morgan fingerprint density at radius 2 is 2.00 bits per heavy atom. The third-order valence-electron chi connectivity index (χ3n) is 3.01. The number of imide groups is 1. The van der Waals surface area contributed by atoms with Gasteiger partial charge in [0.05, 0.1) is 12.0 Å². The number of H-pyrrole nitrogens is 1. The highest BCUT2D eigenvalue weighted by Crippen LogP contribution is 2.20. The van der Waals surface area contributed by atoms with Crippen LogP contribution in [0, 0.1) is 0 Å². The van der Waals surface area contributed by atoms with Crippen molar-refractivity contribution in [2.24, 2.45) is 0 Å². The molecule has 1 aromatic heterocycles. The van der Waals surface area contributed by atoms with Gasteiger partial charge in [0.2, 0.25) is 0 Å². The number of amides is 3. The van der Waals surface area contributed by atoms with Crippen LogP contribution >= 0.6 is 0 Å². The van der Waals surface area contributed by atoms with Gasteiger partial charge in [-0.15, -0.1) is 0 Å². The number of rotatable bonds is 3. The summed E-state index contributed by atoms with van der Waals surface area (Å²) in [6, 6.07) is 7.95. The predicted octanol–water partition coefficient (Wildman–Crippen LogP) is 1.08. The Morgan fingerprint density at radius 3 is 2.68 bits per heavy atom. The second kappa shape index (κ2) is 4.56. The van der Waals surface area contributed by atoms with Crippen LogP contribution < -0.4 is 10.2 Å². The lowest BCUT2D eigenvalue weighted by Gasteiger charge is -2.12. The number of aromatic nitrogens is 2. The maximum absolute atomic E-state index is 12.3. The summed E-state index contributed by atoms with van der Waals surface area (Å²) < 4.78 is 0. The van der Waals surface area contributed by atoms with E-state index in [1.165, 1.54) is 4.90 Å². The maximum atomic E-state index is 12.3. The van der Waals surface area contributed by atoms with Gasteiger partial charge in [-0.05, 0) is 12.1 Å². The summed E-state index contributed by atoms with van der Waals surface area (Å²) in [7, 11) is 0. The molecule has 2 aromatic rings. The predicted molar refractivity (Wildman–Crippen MR) is 68.5 cm³/mol. The molecule has 6 nitrogen and oxygen atoms in total. The van der Waals surface area contributed by atoms with Gasteiger partial charge >= 0.3 is 6.03 Å². The van der Waals surface area contributed by atoms with Crippen LogP contribution in [0.25, 0.3) is 0 Å². The van der Waals surface area contributed by atoms with E-state index < -0.39 is 6.04 Å². The highest BCUT2D eigenvalue weighted by atomic mass is 16.2. The molecule has 1 aliphatic heterocycles. The number of urea groups is 1. The summed E-state index contributed by atoms with van der Waals surface area (Å²) in [4.78, 5) is 32.1. The molecule has 96 valence electrons. The Bertz CT molecular complexity index is 594. The molecule has 0 unspecified atom stereocenters. The molecule has 2 N–H and O–H groups in total. The van der Waals surface area contributed by atoms with Crippen molar-refractivity contribution in [2.75, 3.05) is 4.90 Å². The lowest BCUT2D eigenvalue weighted by molar-refractivity contribution is -0.118. The van der Waals surface area contributed by atoms with Crippen LogP contribution in [0.5, 0.6) is 0 Å². The lowest BCUT2D eigenvalue weighted by atomic mass is 10.1. The van der Waals surface area contributed by atoms with Crippen LogP contribution in [0.2, 0.25) is 0 Å². The Labute approximate surface area is 109 Å². The molecular formula is C13H12N4O2. The maximum Gasteiger partial charge on any atom is 0.329 e.